The number of rotatable bonds is 2. The van der Waals surface area contributed by atoms with Gasteiger partial charge in [-0.3, -0.25) is 0 Å². The van der Waals surface area contributed by atoms with Gasteiger partial charge in [-0.25, -0.2) is 9.67 Å². The van der Waals surface area contributed by atoms with Crippen LogP contribution in [0, 0.1) is 6.92 Å². The molecule has 0 aromatic carbocycles. The average molecular weight is 221 g/mol. The number of ether oxygens (including phenoxy) is 1. The van der Waals surface area contributed by atoms with Crippen molar-refractivity contribution in [1.82, 2.24) is 19.3 Å². The Balaban J connectivity index is 2.68. The summed E-state index contributed by atoms with van der Waals surface area (Å²) in [6, 6.07) is 0. The van der Waals surface area contributed by atoms with Gasteiger partial charge in [0.05, 0.1) is 24.7 Å². The highest BCUT2D eigenvalue weighted by Crippen LogP contribution is 2.34. The van der Waals surface area contributed by atoms with Crippen molar-refractivity contribution < 1.29 is 4.74 Å². The van der Waals surface area contributed by atoms with Gasteiger partial charge in [0.2, 0.25) is 5.88 Å². The summed E-state index contributed by atoms with van der Waals surface area (Å²) in [6.45, 7) is 1.91. The molecule has 6 heteroatoms. The van der Waals surface area contributed by atoms with Crippen molar-refractivity contribution in [3.8, 4) is 17.1 Å². The van der Waals surface area contributed by atoms with Crippen LogP contribution in [0.3, 0.4) is 0 Å². The Hall–Kier alpha value is -1.98. The Labute approximate surface area is 93.6 Å². The van der Waals surface area contributed by atoms with E-state index in [1.807, 2.05) is 21.0 Å². The van der Waals surface area contributed by atoms with E-state index in [0.29, 0.717) is 17.4 Å². The van der Waals surface area contributed by atoms with E-state index in [2.05, 4.69) is 10.1 Å². The maximum atomic E-state index is 5.94. The highest BCUT2D eigenvalue weighted by Gasteiger charge is 2.20. The quantitative estimate of drug-likeness (QED) is 0.811. The zero-order valence-corrected chi connectivity index (χ0v) is 9.85. The fraction of sp³-hybridized carbons (Fsp3) is 0.400. The summed E-state index contributed by atoms with van der Waals surface area (Å²) in [5.41, 5.74) is 8.36. The first-order chi connectivity index (χ1) is 7.56. The maximum Gasteiger partial charge on any atom is 0.221 e. The minimum absolute atomic E-state index is 0.606. The van der Waals surface area contributed by atoms with Crippen molar-refractivity contribution in [2.75, 3.05) is 12.8 Å². The van der Waals surface area contributed by atoms with Crippen molar-refractivity contribution in [3.63, 3.8) is 0 Å². The molecule has 0 fully saturated rings. The first kappa shape index (κ1) is 10.5. The zero-order chi connectivity index (χ0) is 11.9. The van der Waals surface area contributed by atoms with Crippen LogP contribution in [-0.2, 0) is 14.1 Å². The number of aromatic nitrogens is 4. The largest absolute Gasteiger partial charge is 0.481 e. The lowest BCUT2D eigenvalue weighted by molar-refractivity contribution is 0.374. The van der Waals surface area contributed by atoms with Gasteiger partial charge >= 0.3 is 0 Å². The molecule has 2 heterocycles. The van der Waals surface area contributed by atoms with E-state index in [4.69, 9.17) is 10.5 Å². The third kappa shape index (κ3) is 1.34. The van der Waals surface area contributed by atoms with Crippen molar-refractivity contribution in [2.45, 2.75) is 6.92 Å². The number of hydrogen-bond acceptors (Lipinski definition) is 4. The van der Waals surface area contributed by atoms with Crippen LogP contribution < -0.4 is 10.5 Å². The fourth-order valence-electron chi connectivity index (χ4n) is 1.78. The second-order valence-corrected chi connectivity index (χ2v) is 3.68. The first-order valence-electron chi connectivity index (χ1n) is 4.91. The van der Waals surface area contributed by atoms with E-state index in [9.17, 15) is 0 Å². The van der Waals surface area contributed by atoms with Crippen LogP contribution >= 0.6 is 0 Å². The van der Waals surface area contributed by atoms with Crippen LogP contribution in [0.5, 0.6) is 5.88 Å². The van der Waals surface area contributed by atoms with Crippen LogP contribution in [0.25, 0.3) is 11.3 Å². The Morgan fingerprint density at radius 1 is 1.38 bits per heavy atom. The Morgan fingerprint density at radius 3 is 2.56 bits per heavy atom. The Kier molecular flexibility index (Phi) is 2.34. The molecule has 16 heavy (non-hydrogen) atoms. The van der Waals surface area contributed by atoms with Crippen LogP contribution in [0.4, 0.5) is 5.82 Å². The van der Waals surface area contributed by atoms with E-state index in [0.717, 1.165) is 11.3 Å². The van der Waals surface area contributed by atoms with Crippen LogP contribution in [0.1, 0.15) is 5.69 Å². The molecular formula is C10H15N5O. The van der Waals surface area contributed by atoms with Gasteiger partial charge in [-0.15, -0.1) is 0 Å². The van der Waals surface area contributed by atoms with Crippen molar-refractivity contribution in [3.05, 3.63) is 12.0 Å². The number of hydrogen-bond donors (Lipinski definition) is 1. The molecule has 0 radical (unpaired) electrons. The first-order valence-corrected chi connectivity index (χ1v) is 4.91. The van der Waals surface area contributed by atoms with Crippen molar-refractivity contribution in [2.24, 2.45) is 14.1 Å². The van der Waals surface area contributed by atoms with Crippen LogP contribution in [0.15, 0.2) is 6.33 Å². The summed E-state index contributed by atoms with van der Waals surface area (Å²) in [6.07, 6.45) is 1.68. The molecule has 0 unspecified atom stereocenters. The lowest BCUT2D eigenvalue weighted by atomic mass is 10.2. The third-order valence-electron chi connectivity index (χ3n) is 2.58. The average Bonchev–Trinajstić information content (AvgIpc) is 2.69. The summed E-state index contributed by atoms with van der Waals surface area (Å²) in [4.78, 5) is 4.27. The summed E-state index contributed by atoms with van der Waals surface area (Å²) in [5, 5.41) is 4.30. The van der Waals surface area contributed by atoms with Gasteiger partial charge in [-0.1, -0.05) is 0 Å². The molecule has 86 valence electrons. The zero-order valence-electron chi connectivity index (χ0n) is 9.85. The molecule has 0 aliphatic rings. The molecule has 0 atom stereocenters. The number of nitrogens with two attached hydrogens (primary N) is 1. The van der Waals surface area contributed by atoms with Gasteiger partial charge in [0, 0.05) is 14.1 Å². The molecule has 0 saturated carbocycles. The topological polar surface area (TPSA) is 70.9 Å². The van der Waals surface area contributed by atoms with E-state index >= 15 is 0 Å². The minimum Gasteiger partial charge on any atom is -0.481 e. The molecule has 0 aliphatic heterocycles. The molecule has 2 rings (SSSR count). The molecule has 2 aromatic heterocycles. The molecule has 0 spiro atoms. The van der Waals surface area contributed by atoms with Crippen LogP contribution in [-0.4, -0.2) is 26.4 Å². The fourth-order valence-corrected chi connectivity index (χ4v) is 1.78. The second kappa shape index (κ2) is 3.55. The SMILES string of the molecule is COc1c(-c2ncn(C)c2N)c(C)nn1C. The summed E-state index contributed by atoms with van der Waals surface area (Å²) in [5.74, 6) is 1.28. The number of nitrogen functional groups attached to an aromatic ring is 1. The number of anilines is 1. The predicted octanol–water partition coefficient (Wildman–Crippen LogP) is 0.720. The minimum atomic E-state index is 0.606. The van der Waals surface area contributed by atoms with Gasteiger partial charge in [0.1, 0.15) is 11.5 Å². The standard InChI is InChI=1S/C10H15N5O/c1-6-7(10(16-4)15(3)13-6)8-9(11)14(2)5-12-8/h5H,11H2,1-4H3. The Morgan fingerprint density at radius 2 is 2.06 bits per heavy atom. The molecule has 0 aliphatic carbocycles. The number of aryl methyl sites for hydroxylation is 3. The van der Waals surface area contributed by atoms with E-state index in [1.165, 1.54) is 0 Å². The molecular weight excluding hydrogens is 206 g/mol. The Bertz CT molecular complexity index is 526. The number of methoxy groups -OCH3 is 1. The van der Waals surface area contributed by atoms with Gasteiger partial charge in [-0.05, 0) is 6.92 Å². The molecule has 6 nitrogen and oxygen atoms in total. The lowest BCUT2D eigenvalue weighted by Crippen LogP contribution is -1.98. The molecule has 0 saturated heterocycles. The van der Waals surface area contributed by atoms with E-state index in [1.54, 1.807) is 22.7 Å². The van der Waals surface area contributed by atoms with Crippen LogP contribution in [0.2, 0.25) is 0 Å². The van der Waals surface area contributed by atoms with Gasteiger partial charge in [0.15, 0.2) is 0 Å². The highest BCUT2D eigenvalue weighted by atomic mass is 16.5. The van der Waals surface area contributed by atoms with Crippen molar-refractivity contribution in [1.29, 1.82) is 0 Å². The molecule has 0 bridgehead atoms. The normalized spacial score (nSPS) is 10.8. The second-order valence-electron chi connectivity index (χ2n) is 3.68. The molecule has 2 N–H and O–H groups in total. The third-order valence-corrected chi connectivity index (χ3v) is 2.58. The molecule has 2 aromatic rings. The lowest BCUT2D eigenvalue weighted by Gasteiger charge is -2.03. The summed E-state index contributed by atoms with van der Waals surface area (Å²) >= 11 is 0. The smallest absolute Gasteiger partial charge is 0.221 e. The van der Waals surface area contributed by atoms with Gasteiger partial charge in [0.25, 0.3) is 0 Å². The predicted molar refractivity (Wildman–Crippen MR) is 61.1 cm³/mol. The van der Waals surface area contributed by atoms with Gasteiger partial charge < -0.3 is 15.0 Å². The van der Waals surface area contributed by atoms with E-state index in [-0.39, 0.29) is 0 Å². The summed E-state index contributed by atoms with van der Waals surface area (Å²) in [7, 11) is 5.29. The summed E-state index contributed by atoms with van der Waals surface area (Å²) < 4.78 is 8.76. The number of imidazole rings is 1. The molecule has 0 amide bonds. The van der Waals surface area contributed by atoms with E-state index < -0.39 is 0 Å². The number of nitrogens with zero attached hydrogens (tertiary/aromatic N) is 4. The maximum absolute atomic E-state index is 5.94. The monoisotopic (exact) mass is 221 g/mol. The highest BCUT2D eigenvalue weighted by molar-refractivity contribution is 5.76. The van der Waals surface area contributed by atoms with Gasteiger partial charge in [-0.2, -0.15) is 5.10 Å². The van der Waals surface area contributed by atoms with Crippen molar-refractivity contribution >= 4 is 5.82 Å².